The number of amides is 2. The Bertz CT molecular complexity index is 1140. The van der Waals surface area contributed by atoms with Crippen LogP contribution in [-0.4, -0.2) is 41.6 Å². The Morgan fingerprint density at radius 3 is 2.39 bits per heavy atom. The first-order chi connectivity index (χ1) is 15.8. The second kappa shape index (κ2) is 10.1. The average Bonchev–Trinajstić information content (AvgIpc) is 3.10. The van der Waals surface area contributed by atoms with Crippen molar-refractivity contribution in [3.63, 3.8) is 0 Å². The molecule has 2 aliphatic rings. The van der Waals surface area contributed by atoms with E-state index in [9.17, 15) is 18.0 Å². The fourth-order valence-electron chi connectivity index (χ4n) is 4.12. The number of rotatable bonds is 6. The molecule has 0 bridgehead atoms. The number of nitrogens with zero attached hydrogens (tertiary/aromatic N) is 2. The highest BCUT2D eigenvalue weighted by atomic mass is 32.2. The Morgan fingerprint density at radius 1 is 1.06 bits per heavy atom. The minimum absolute atomic E-state index is 0.0506. The van der Waals surface area contributed by atoms with Crippen LogP contribution in [0.5, 0.6) is 0 Å². The monoisotopic (exact) mass is 485 g/mol. The standard InChI is InChI=1S/C24H27N3O4S2/c1-17-12-14-18(15-13-17)25-22(28)16-21-23(29)27(19-8-4-2-5-9-19)24(32-21)26-33(30,31)20-10-6-3-7-11-20/h3,6-7,10-15,19,21H,2,4-5,8-9,16H2,1H3,(H,25,28). The number of amidine groups is 1. The minimum atomic E-state index is -3.97. The third-order valence-corrected chi connectivity index (χ3v) is 8.40. The highest BCUT2D eigenvalue weighted by molar-refractivity contribution is 8.16. The number of thioether (sulfide) groups is 1. The molecule has 1 unspecified atom stereocenters. The van der Waals surface area contributed by atoms with Gasteiger partial charge >= 0.3 is 0 Å². The Morgan fingerprint density at radius 2 is 1.73 bits per heavy atom. The van der Waals surface area contributed by atoms with Crippen LogP contribution in [0.2, 0.25) is 0 Å². The van der Waals surface area contributed by atoms with Gasteiger partial charge in [-0.05, 0) is 44.0 Å². The largest absolute Gasteiger partial charge is 0.326 e. The van der Waals surface area contributed by atoms with E-state index < -0.39 is 15.3 Å². The molecule has 1 aliphatic heterocycles. The normalized spacial score (nSPS) is 20.9. The number of carbonyl (C=O) groups is 2. The van der Waals surface area contributed by atoms with Crippen molar-refractivity contribution >= 4 is 44.5 Å². The third-order valence-electron chi connectivity index (χ3n) is 5.85. The van der Waals surface area contributed by atoms with Gasteiger partial charge in [0, 0.05) is 18.2 Å². The summed E-state index contributed by atoms with van der Waals surface area (Å²) in [5.41, 5.74) is 1.74. The lowest BCUT2D eigenvalue weighted by atomic mass is 9.94. The molecule has 174 valence electrons. The van der Waals surface area contributed by atoms with Crippen LogP contribution >= 0.6 is 11.8 Å². The van der Waals surface area contributed by atoms with E-state index in [0.717, 1.165) is 49.4 Å². The van der Waals surface area contributed by atoms with E-state index in [1.165, 1.54) is 17.0 Å². The number of carbonyl (C=O) groups excluding carboxylic acids is 2. The van der Waals surface area contributed by atoms with E-state index in [4.69, 9.17) is 0 Å². The Labute approximate surface area is 198 Å². The second-order valence-electron chi connectivity index (χ2n) is 8.39. The van der Waals surface area contributed by atoms with Crippen molar-refractivity contribution in [1.29, 1.82) is 0 Å². The van der Waals surface area contributed by atoms with Gasteiger partial charge in [0.25, 0.3) is 10.0 Å². The molecule has 33 heavy (non-hydrogen) atoms. The summed E-state index contributed by atoms with van der Waals surface area (Å²) >= 11 is 1.07. The number of hydrogen-bond donors (Lipinski definition) is 1. The number of benzene rings is 2. The van der Waals surface area contributed by atoms with E-state index in [1.54, 1.807) is 18.2 Å². The van der Waals surface area contributed by atoms with Gasteiger partial charge in [0.2, 0.25) is 11.8 Å². The highest BCUT2D eigenvalue weighted by Gasteiger charge is 2.43. The zero-order chi connectivity index (χ0) is 23.4. The third kappa shape index (κ3) is 5.65. The molecule has 1 N–H and O–H groups in total. The smallest absolute Gasteiger partial charge is 0.284 e. The second-order valence-corrected chi connectivity index (χ2v) is 11.2. The predicted octanol–water partition coefficient (Wildman–Crippen LogP) is 4.35. The first-order valence-corrected chi connectivity index (χ1v) is 13.4. The lowest BCUT2D eigenvalue weighted by Crippen LogP contribution is -2.42. The van der Waals surface area contributed by atoms with Gasteiger partial charge in [-0.1, -0.05) is 66.9 Å². The van der Waals surface area contributed by atoms with Crippen LogP contribution in [0.15, 0.2) is 63.9 Å². The van der Waals surface area contributed by atoms with Crippen LogP contribution in [0.3, 0.4) is 0 Å². The SMILES string of the molecule is Cc1ccc(NC(=O)CC2SC(=NS(=O)(=O)c3ccccc3)N(C3CCCCC3)C2=O)cc1. The molecule has 7 nitrogen and oxygen atoms in total. The first kappa shape index (κ1) is 23.5. The van der Waals surface area contributed by atoms with Crippen LogP contribution < -0.4 is 5.32 Å². The van der Waals surface area contributed by atoms with Gasteiger partial charge < -0.3 is 5.32 Å². The highest BCUT2D eigenvalue weighted by Crippen LogP contribution is 2.36. The molecule has 1 aliphatic carbocycles. The molecule has 1 saturated carbocycles. The van der Waals surface area contributed by atoms with Gasteiger partial charge in [-0.2, -0.15) is 8.42 Å². The Hall–Kier alpha value is -2.65. The van der Waals surface area contributed by atoms with Gasteiger partial charge in [0.05, 0.1) is 4.90 Å². The lowest BCUT2D eigenvalue weighted by molar-refractivity contribution is -0.130. The zero-order valence-corrected chi connectivity index (χ0v) is 20.1. The maximum absolute atomic E-state index is 13.3. The summed E-state index contributed by atoms with van der Waals surface area (Å²) in [5, 5.41) is 2.28. The molecule has 0 radical (unpaired) electrons. The van der Waals surface area contributed by atoms with E-state index in [2.05, 4.69) is 9.71 Å². The van der Waals surface area contributed by atoms with Gasteiger partial charge in [-0.15, -0.1) is 4.40 Å². The first-order valence-electron chi connectivity index (χ1n) is 11.1. The summed E-state index contributed by atoms with van der Waals surface area (Å²) in [6, 6.07) is 15.3. The fraction of sp³-hybridized carbons (Fsp3) is 0.375. The van der Waals surface area contributed by atoms with Crippen LogP contribution in [0, 0.1) is 6.92 Å². The van der Waals surface area contributed by atoms with Gasteiger partial charge in [-0.3, -0.25) is 14.5 Å². The molecule has 1 saturated heterocycles. The van der Waals surface area contributed by atoms with Crippen LogP contribution in [0.4, 0.5) is 5.69 Å². The van der Waals surface area contributed by atoms with Crippen molar-refractivity contribution in [3.05, 3.63) is 60.2 Å². The number of hydrogen-bond acceptors (Lipinski definition) is 5. The van der Waals surface area contributed by atoms with Crippen molar-refractivity contribution in [2.45, 2.75) is 61.6 Å². The van der Waals surface area contributed by atoms with E-state index in [1.807, 2.05) is 31.2 Å². The maximum Gasteiger partial charge on any atom is 0.284 e. The van der Waals surface area contributed by atoms with Crippen LogP contribution in [-0.2, 0) is 19.6 Å². The Balaban J connectivity index is 1.56. The molecule has 2 fully saturated rings. The van der Waals surface area contributed by atoms with Gasteiger partial charge in [-0.25, -0.2) is 0 Å². The summed E-state index contributed by atoms with van der Waals surface area (Å²) in [7, 11) is -3.97. The molecular formula is C24H27N3O4S2. The number of aryl methyl sites for hydroxylation is 1. The summed E-state index contributed by atoms with van der Waals surface area (Å²) in [4.78, 5) is 27.6. The Kier molecular flexibility index (Phi) is 7.19. The molecule has 1 heterocycles. The van der Waals surface area contributed by atoms with Gasteiger partial charge in [0.1, 0.15) is 5.25 Å². The topological polar surface area (TPSA) is 95.9 Å². The fourth-order valence-corrected chi connectivity index (χ4v) is 6.54. The van der Waals surface area contributed by atoms with Crippen LogP contribution in [0.1, 0.15) is 44.1 Å². The zero-order valence-electron chi connectivity index (χ0n) is 18.4. The maximum atomic E-state index is 13.3. The molecular weight excluding hydrogens is 458 g/mol. The van der Waals surface area contributed by atoms with Crippen LogP contribution in [0.25, 0.3) is 0 Å². The molecule has 4 rings (SSSR count). The summed E-state index contributed by atoms with van der Waals surface area (Å²) in [6.45, 7) is 1.96. The lowest BCUT2D eigenvalue weighted by Gasteiger charge is -2.30. The predicted molar refractivity (Wildman–Crippen MR) is 131 cm³/mol. The molecule has 2 aromatic rings. The molecule has 9 heteroatoms. The van der Waals surface area contributed by atoms with E-state index >= 15 is 0 Å². The number of anilines is 1. The molecule has 0 aromatic heterocycles. The summed E-state index contributed by atoms with van der Waals surface area (Å²) in [6.07, 6.45) is 4.62. The van der Waals surface area contributed by atoms with E-state index in [-0.39, 0.29) is 34.3 Å². The average molecular weight is 486 g/mol. The van der Waals surface area contributed by atoms with Gasteiger partial charge in [0.15, 0.2) is 5.17 Å². The quantitative estimate of drug-likeness (QED) is 0.656. The number of nitrogens with one attached hydrogen (secondary N) is 1. The molecule has 2 amide bonds. The molecule has 2 aromatic carbocycles. The van der Waals surface area contributed by atoms with Crippen molar-refractivity contribution in [1.82, 2.24) is 4.90 Å². The van der Waals surface area contributed by atoms with Crippen molar-refractivity contribution in [2.75, 3.05) is 5.32 Å². The van der Waals surface area contributed by atoms with Crippen molar-refractivity contribution in [3.8, 4) is 0 Å². The minimum Gasteiger partial charge on any atom is -0.326 e. The molecule has 1 atom stereocenters. The summed E-state index contributed by atoms with van der Waals surface area (Å²) < 4.78 is 29.9. The number of sulfonamides is 1. The van der Waals surface area contributed by atoms with Crippen molar-refractivity contribution in [2.24, 2.45) is 4.40 Å². The van der Waals surface area contributed by atoms with E-state index in [0.29, 0.717) is 5.69 Å². The summed E-state index contributed by atoms with van der Waals surface area (Å²) in [5.74, 6) is -0.534. The van der Waals surface area contributed by atoms with Crippen molar-refractivity contribution < 1.29 is 18.0 Å². The molecule has 0 spiro atoms.